The number of hydrogen-bond acceptors (Lipinski definition) is 3. The second-order valence-corrected chi connectivity index (χ2v) is 5.09. The molecular formula is C15H20FNO3. The topological polar surface area (TPSA) is 49.8 Å². The van der Waals surface area contributed by atoms with Crippen LogP contribution in [0.3, 0.4) is 0 Å². The standard InChI is InChI=1S/C15H20FNO3/c16-13-4-1-5-14(9-13)20-8-6-15(19)17-7-2-3-12(10-17)11-18/h1,4-5,9,12,18H,2-3,6-8,10-11H2. The number of ether oxygens (including phenoxy) is 1. The second-order valence-electron chi connectivity index (χ2n) is 5.09. The Balaban J connectivity index is 1.75. The van der Waals surface area contributed by atoms with Crippen molar-refractivity contribution in [3.05, 3.63) is 30.1 Å². The molecule has 1 atom stereocenters. The zero-order valence-electron chi connectivity index (χ0n) is 11.4. The Bertz CT molecular complexity index is 452. The van der Waals surface area contributed by atoms with Gasteiger partial charge < -0.3 is 14.7 Å². The fraction of sp³-hybridized carbons (Fsp3) is 0.533. The van der Waals surface area contributed by atoms with Gasteiger partial charge in [0.15, 0.2) is 0 Å². The minimum absolute atomic E-state index is 0.0274. The lowest BCUT2D eigenvalue weighted by atomic mass is 9.99. The van der Waals surface area contributed by atoms with Crippen molar-refractivity contribution in [2.45, 2.75) is 19.3 Å². The van der Waals surface area contributed by atoms with Gasteiger partial charge in [0.1, 0.15) is 11.6 Å². The molecule has 1 fully saturated rings. The van der Waals surface area contributed by atoms with Crippen LogP contribution in [-0.4, -0.2) is 42.2 Å². The summed E-state index contributed by atoms with van der Waals surface area (Å²) in [5.74, 6) is 0.303. The van der Waals surface area contributed by atoms with Crippen LogP contribution in [0.5, 0.6) is 5.75 Å². The van der Waals surface area contributed by atoms with E-state index in [1.165, 1.54) is 12.1 Å². The molecule has 4 nitrogen and oxygen atoms in total. The Morgan fingerprint density at radius 3 is 3.10 bits per heavy atom. The van der Waals surface area contributed by atoms with Crippen LogP contribution < -0.4 is 4.74 Å². The van der Waals surface area contributed by atoms with Crippen molar-refractivity contribution in [3.8, 4) is 5.75 Å². The molecule has 5 heteroatoms. The molecule has 1 N–H and O–H groups in total. The van der Waals surface area contributed by atoms with Crippen LogP contribution in [0.25, 0.3) is 0 Å². The van der Waals surface area contributed by atoms with E-state index in [-0.39, 0.29) is 37.3 Å². The van der Waals surface area contributed by atoms with Crippen LogP contribution >= 0.6 is 0 Å². The lowest BCUT2D eigenvalue weighted by molar-refractivity contribution is -0.133. The van der Waals surface area contributed by atoms with E-state index in [0.717, 1.165) is 19.4 Å². The van der Waals surface area contributed by atoms with Gasteiger partial charge in [0.05, 0.1) is 13.0 Å². The SMILES string of the molecule is O=C(CCOc1cccc(F)c1)N1CCCC(CO)C1. The third-order valence-electron chi connectivity index (χ3n) is 3.51. The van der Waals surface area contributed by atoms with Gasteiger partial charge in [-0.1, -0.05) is 6.07 Å². The van der Waals surface area contributed by atoms with Gasteiger partial charge in [0.2, 0.25) is 5.91 Å². The van der Waals surface area contributed by atoms with Crippen molar-refractivity contribution in [1.29, 1.82) is 0 Å². The van der Waals surface area contributed by atoms with Crippen molar-refractivity contribution >= 4 is 5.91 Å². The molecule has 0 aromatic heterocycles. The highest BCUT2D eigenvalue weighted by molar-refractivity contribution is 5.76. The number of rotatable bonds is 5. The maximum Gasteiger partial charge on any atom is 0.226 e. The maximum atomic E-state index is 12.9. The van der Waals surface area contributed by atoms with Crippen molar-refractivity contribution < 1.29 is 19.0 Å². The van der Waals surface area contributed by atoms with Gasteiger partial charge in [0.25, 0.3) is 0 Å². The Hall–Kier alpha value is -1.62. The molecule has 1 aliphatic heterocycles. The molecular weight excluding hydrogens is 261 g/mol. The van der Waals surface area contributed by atoms with Crippen molar-refractivity contribution in [2.75, 3.05) is 26.3 Å². The number of hydrogen-bond donors (Lipinski definition) is 1. The number of halogens is 1. The molecule has 0 bridgehead atoms. The molecule has 1 saturated heterocycles. The van der Waals surface area contributed by atoms with Crippen molar-refractivity contribution in [3.63, 3.8) is 0 Å². The molecule has 110 valence electrons. The molecule has 0 saturated carbocycles. The number of carbonyl (C=O) groups excluding carboxylic acids is 1. The molecule has 0 spiro atoms. The smallest absolute Gasteiger partial charge is 0.226 e. The van der Waals surface area contributed by atoms with E-state index in [9.17, 15) is 9.18 Å². The monoisotopic (exact) mass is 281 g/mol. The molecule has 20 heavy (non-hydrogen) atoms. The van der Waals surface area contributed by atoms with Crippen LogP contribution in [0.2, 0.25) is 0 Å². The van der Waals surface area contributed by atoms with Crippen LogP contribution in [0.1, 0.15) is 19.3 Å². The number of benzene rings is 1. The van der Waals surface area contributed by atoms with Gasteiger partial charge >= 0.3 is 0 Å². The van der Waals surface area contributed by atoms with E-state index >= 15 is 0 Å². The van der Waals surface area contributed by atoms with E-state index in [0.29, 0.717) is 12.3 Å². The Morgan fingerprint density at radius 2 is 2.35 bits per heavy atom. The van der Waals surface area contributed by atoms with Gasteiger partial charge in [-0.15, -0.1) is 0 Å². The summed E-state index contributed by atoms with van der Waals surface area (Å²) in [5.41, 5.74) is 0. The van der Waals surface area contributed by atoms with Gasteiger partial charge in [-0.25, -0.2) is 4.39 Å². The first-order valence-electron chi connectivity index (χ1n) is 6.96. The van der Waals surface area contributed by atoms with E-state index in [1.807, 2.05) is 0 Å². The average Bonchev–Trinajstić information content (AvgIpc) is 2.47. The number of aliphatic hydroxyl groups excluding tert-OH is 1. The molecule has 2 rings (SSSR count). The predicted octanol–water partition coefficient (Wildman–Crippen LogP) is 1.83. The van der Waals surface area contributed by atoms with Crippen LogP contribution in [-0.2, 0) is 4.79 Å². The number of amides is 1. The molecule has 1 unspecified atom stereocenters. The number of carbonyl (C=O) groups is 1. The molecule has 1 amide bonds. The zero-order chi connectivity index (χ0) is 14.4. The minimum atomic E-state index is -0.351. The fourth-order valence-electron chi connectivity index (χ4n) is 2.41. The molecule has 1 aromatic rings. The van der Waals surface area contributed by atoms with Crippen LogP contribution in [0.4, 0.5) is 4.39 Å². The number of nitrogens with zero attached hydrogens (tertiary/aromatic N) is 1. The highest BCUT2D eigenvalue weighted by Gasteiger charge is 2.22. The summed E-state index contributed by atoms with van der Waals surface area (Å²) >= 11 is 0. The third-order valence-corrected chi connectivity index (χ3v) is 3.51. The number of piperidine rings is 1. The van der Waals surface area contributed by atoms with Crippen LogP contribution in [0.15, 0.2) is 24.3 Å². The van der Waals surface area contributed by atoms with Gasteiger partial charge in [-0.3, -0.25) is 4.79 Å². The van der Waals surface area contributed by atoms with E-state index in [2.05, 4.69) is 0 Å². The Morgan fingerprint density at radius 1 is 1.50 bits per heavy atom. The molecule has 1 aromatic carbocycles. The number of aliphatic hydroxyl groups is 1. The fourth-order valence-corrected chi connectivity index (χ4v) is 2.41. The lowest BCUT2D eigenvalue weighted by Gasteiger charge is -2.31. The van der Waals surface area contributed by atoms with Gasteiger partial charge in [-0.05, 0) is 30.9 Å². The largest absolute Gasteiger partial charge is 0.493 e. The zero-order valence-corrected chi connectivity index (χ0v) is 11.4. The summed E-state index contributed by atoms with van der Waals surface area (Å²) in [6.07, 6.45) is 2.18. The van der Waals surface area contributed by atoms with Crippen molar-refractivity contribution in [1.82, 2.24) is 4.90 Å². The lowest BCUT2D eigenvalue weighted by Crippen LogP contribution is -2.41. The van der Waals surface area contributed by atoms with E-state index in [1.54, 1.807) is 17.0 Å². The van der Waals surface area contributed by atoms with Crippen LogP contribution in [0, 0.1) is 11.7 Å². The minimum Gasteiger partial charge on any atom is -0.493 e. The predicted molar refractivity (Wildman–Crippen MR) is 72.9 cm³/mol. The Labute approximate surface area is 118 Å². The maximum absolute atomic E-state index is 12.9. The second kappa shape index (κ2) is 7.24. The van der Waals surface area contributed by atoms with E-state index < -0.39 is 0 Å². The summed E-state index contributed by atoms with van der Waals surface area (Å²) in [5, 5.41) is 9.14. The molecule has 1 aliphatic rings. The average molecular weight is 281 g/mol. The highest BCUT2D eigenvalue weighted by atomic mass is 19.1. The third kappa shape index (κ3) is 4.20. The summed E-state index contributed by atoms with van der Waals surface area (Å²) < 4.78 is 18.3. The van der Waals surface area contributed by atoms with Crippen molar-refractivity contribution in [2.24, 2.45) is 5.92 Å². The summed E-state index contributed by atoms with van der Waals surface area (Å²) in [4.78, 5) is 13.8. The molecule has 0 radical (unpaired) electrons. The summed E-state index contributed by atoms with van der Waals surface area (Å²) in [7, 11) is 0. The van der Waals surface area contributed by atoms with E-state index in [4.69, 9.17) is 9.84 Å². The quantitative estimate of drug-likeness (QED) is 0.895. The molecule has 1 heterocycles. The normalized spacial score (nSPS) is 18.9. The highest BCUT2D eigenvalue weighted by Crippen LogP contribution is 2.17. The summed E-state index contributed by atoms with van der Waals surface area (Å²) in [6, 6.07) is 5.88. The first-order valence-corrected chi connectivity index (χ1v) is 6.96. The Kier molecular flexibility index (Phi) is 5.35. The van der Waals surface area contributed by atoms with Gasteiger partial charge in [-0.2, -0.15) is 0 Å². The first-order chi connectivity index (χ1) is 9.69. The number of likely N-dealkylation sites (tertiary alicyclic amines) is 1. The van der Waals surface area contributed by atoms with Gasteiger partial charge in [0, 0.05) is 25.8 Å². The summed E-state index contributed by atoms with van der Waals surface area (Å²) in [6.45, 7) is 1.73. The first kappa shape index (κ1) is 14.8. The molecule has 0 aliphatic carbocycles.